The van der Waals surface area contributed by atoms with Crippen LogP contribution in [0.1, 0.15) is 13.8 Å². The van der Waals surface area contributed by atoms with Crippen molar-refractivity contribution < 1.29 is 4.39 Å². The molecule has 3 rings (SSSR count). The van der Waals surface area contributed by atoms with Crippen molar-refractivity contribution in [3.8, 4) is 0 Å². The van der Waals surface area contributed by atoms with Crippen LogP contribution in [0.4, 0.5) is 10.2 Å². The zero-order chi connectivity index (χ0) is 13.6. The van der Waals surface area contributed by atoms with Gasteiger partial charge in [0.2, 0.25) is 5.65 Å². The van der Waals surface area contributed by atoms with Crippen molar-refractivity contribution in [2.24, 2.45) is 0 Å². The third-order valence-electron chi connectivity index (χ3n) is 2.72. The summed E-state index contributed by atoms with van der Waals surface area (Å²) in [5.41, 5.74) is 0.861. The molecule has 0 atom stereocenters. The number of fused-ring (bicyclic) bond motifs is 3. The van der Waals surface area contributed by atoms with Gasteiger partial charge in [-0.05, 0) is 26.0 Å². The van der Waals surface area contributed by atoms with Gasteiger partial charge in [0.05, 0.1) is 11.0 Å². The van der Waals surface area contributed by atoms with Crippen LogP contribution in [0.25, 0.3) is 16.7 Å². The maximum atomic E-state index is 13.3. The van der Waals surface area contributed by atoms with Gasteiger partial charge in [-0.3, -0.25) is 0 Å². The molecule has 2 heterocycles. The average Bonchev–Trinajstić information content (AvgIpc) is 2.72. The Hall–Kier alpha value is -2.44. The molecule has 0 aliphatic carbocycles. The monoisotopic (exact) mass is 261 g/mol. The highest BCUT2D eigenvalue weighted by Crippen LogP contribution is 2.19. The number of nitrogens with one attached hydrogen (secondary N) is 2. The Balaban J connectivity index is 2.45. The summed E-state index contributed by atoms with van der Waals surface area (Å²) in [6.07, 6.45) is 0. The number of benzene rings is 1. The standard InChI is InChI=1S/C12H12FN5O/c1-6(2)14-10-11-16-17-12(19)18(11)9-5-7(13)3-4-8(9)15-10/h3-6H,1-2H3,(H,14,15)(H,17,19). The summed E-state index contributed by atoms with van der Waals surface area (Å²) in [7, 11) is 0. The van der Waals surface area contributed by atoms with Crippen LogP contribution in [-0.2, 0) is 0 Å². The highest BCUT2D eigenvalue weighted by atomic mass is 19.1. The highest BCUT2D eigenvalue weighted by Gasteiger charge is 2.13. The van der Waals surface area contributed by atoms with Gasteiger partial charge in [-0.1, -0.05) is 0 Å². The fourth-order valence-corrected chi connectivity index (χ4v) is 1.99. The molecular weight excluding hydrogens is 249 g/mol. The number of H-pyrrole nitrogens is 1. The number of aromatic amines is 1. The molecule has 2 N–H and O–H groups in total. The van der Waals surface area contributed by atoms with E-state index in [2.05, 4.69) is 20.5 Å². The summed E-state index contributed by atoms with van der Waals surface area (Å²) in [5, 5.41) is 9.41. The molecule has 6 nitrogen and oxygen atoms in total. The maximum Gasteiger partial charge on any atom is 0.348 e. The number of halogens is 1. The van der Waals surface area contributed by atoms with E-state index >= 15 is 0 Å². The summed E-state index contributed by atoms with van der Waals surface area (Å²) in [4.78, 5) is 16.2. The first-order valence-corrected chi connectivity index (χ1v) is 5.89. The molecule has 0 aliphatic heterocycles. The molecule has 0 saturated heterocycles. The van der Waals surface area contributed by atoms with Crippen LogP contribution in [0.2, 0.25) is 0 Å². The third-order valence-corrected chi connectivity index (χ3v) is 2.72. The predicted molar refractivity (Wildman–Crippen MR) is 69.8 cm³/mol. The molecule has 0 spiro atoms. The molecule has 0 saturated carbocycles. The fraction of sp³-hybridized carbons (Fsp3) is 0.250. The van der Waals surface area contributed by atoms with Crippen LogP contribution in [-0.4, -0.2) is 25.6 Å². The molecule has 7 heteroatoms. The van der Waals surface area contributed by atoms with Crippen LogP contribution >= 0.6 is 0 Å². The third kappa shape index (κ3) is 1.83. The second-order valence-corrected chi connectivity index (χ2v) is 4.58. The van der Waals surface area contributed by atoms with Crippen molar-refractivity contribution in [3.05, 3.63) is 34.5 Å². The Labute approximate surface area is 107 Å². The van der Waals surface area contributed by atoms with E-state index < -0.39 is 11.5 Å². The highest BCUT2D eigenvalue weighted by molar-refractivity contribution is 5.82. The Morgan fingerprint density at radius 1 is 1.42 bits per heavy atom. The lowest BCUT2D eigenvalue weighted by Gasteiger charge is -2.11. The number of hydrogen-bond acceptors (Lipinski definition) is 4. The van der Waals surface area contributed by atoms with Gasteiger partial charge in [0, 0.05) is 12.1 Å². The fourth-order valence-electron chi connectivity index (χ4n) is 1.99. The lowest BCUT2D eigenvalue weighted by Crippen LogP contribution is -2.15. The zero-order valence-electron chi connectivity index (χ0n) is 10.4. The van der Waals surface area contributed by atoms with E-state index in [4.69, 9.17) is 0 Å². The van der Waals surface area contributed by atoms with Crippen LogP contribution in [0.3, 0.4) is 0 Å². The summed E-state index contributed by atoms with van der Waals surface area (Å²) in [6, 6.07) is 4.26. The van der Waals surface area contributed by atoms with Crippen molar-refractivity contribution in [2.45, 2.75) is 19.9 Å². The first-order valence-electron chi connectivity index (χ1n) is 5.89. The summed E-state index contributed by atoms with van der Waals surface area (Å²) in [6.45, 7) is 3.91. The van der Waals surface area contributed by atoms with E-state index in [9.17, 15) is 9.18 Å². The molecule has 0 radical (unpaired) electrons. The van der Waals surface area contributed by atoms with E-state index in [0.717, 1.165) is 0 Å². The summed E-state index contributed by atoms with van der Waals surface area (Å²) < 4.78 is 14.6. The van der Waals surface area contributed by atoms with Gasteiger partial charge in [0.1, 0.15) is 5.82 Å². The summed E-state index contributed by atoms with van der Waals surface area (Å²) >= 11 is 0. The number of rotatable bonds is 2. The van der Waals surface area contributed by atoms with Crippen molar-refractivity contribution in [1.82, 2.24) is 19.6 Å². The van der Waals surface area contributed by atoms with Crippen LogP contribution in [0.5, 0.6) is 0 Å². The van der Waals surface area contributed by atoms with Gasteiger partial charge in [-0.2, -0.15) is 0 Å². The lowest BCUT2D eigenvalue weighted by atomic mass is 10.3. The Morgan fingerprint density at radius 3 is 2.95 bits per heavy atom. The first kappa shape index (κ1) is 11.6. The van der Waals surface area contributed by atoms with E-state index in [1.54, 1.807) is 0 Å². The topological polar surface area (TPSA) is 75.1 Å². The number of hydrogen-bond donors (Lipinski definition) is 2. The van der Waals surface area contributed by atoms with E-state index in [0.29, 0.717) is 22.5 Å². The van der Waals surface area contributed by atoms with Crippen LogP contribution in [0.15, 0.2) is 23.0 Å². The molecule has 0 amide bonds. The normalized spacial score (nSPS) is 11.6. The molecule has 0 fully saturated rings. The smallest absolute Gasteiger partial charge is 0.348 e. The van der Waals surface area contributed by atoms with Crippen molar-refractivity contribution in [3.63, 3.8) is 0 Å². The molecule has 0 unspecified atom stereocenters. The Morgan fingerprint density at radius 2 is 2.21 bits per heavy atom. The second kappa shape index (κ2) is 4.04. The molecular formula is C12H12FN5O. The molecule has 3 aromatic rings. The number of anilines is 1. The van der Waals surface area contributed by atoms with Crippen molar-refractivity contribution in [2.75, 3.05) is 5.32 Å². The zero-order valence-corrected chi connectivity index (χ0v) is 10.4. The van der Waals surface area contributed by atoms with Gasteiger partial charge < -0.3 is 5.32 Å². The maximum absolute atomic E-state index is 13.3. The van der Waals surface area contributed by atoms with Gasteiger partial charge in [-0.15, -0.1) is 5.10 Å². The van der Waals surface area contributed by atoms with E-state index in [1.165, 1.54) is 22.6 Å². The van der Waals surface area contributed by atoms with E-state index in [-0.39, 0.29) is 6.04 Å². The molecule has 2 aromatic heterocycles. The van der Waals surface area contributed by atoms with Gasteiger partial charge in [0.25, 0.3) is 0 Å². The minimum atomic E-state index is -0.423. The number of aromatic nitrogens is 4. The summed E-state index contributed by atoms with van der Waals surface area (Å²) in [5.74, 6) is 0.0701. The molecule has 19 heavy (non-hydrogen) atoms. The molecule has 98 valence electrons. The molecule has 0 aliphatic rings. The quantitative estimate of drug-likeness (QED) is 0.733. The van der Waals surface area contributed by atoms with E-state index in [1.807, 2.05) is 13.8 Å². The second-order valence-electron chi connectivity index (χ2n) is 4.58. The SMILES string of the molecule is CC(C)Nc1nc2ccc(F)cc2n2c(=O)[nH]nc12. The van der Waals surface area contributed by atoms with Crippen molar-refractivity contribution >= 4 is 22.5 Å². The Kier molecular flexibility index (Phi) is 2.48. The molecule has 1 aromatic carbocycles. The minimum Gasteiger partial charge on any atom is -0.365 e. The van der Waals surface area contributed by atoms with Crippen LogP contribution < -0.4 is 11.0 Å². The van der Waals surface area contributed by atoms with Gasteiger partial charge in [0.15, 0.2) is 5.82 Å². The minimum absolute atomic E-state index is 0.140. The first-order chi connectivity index (χ1) is 9.06. The largest absolute Gasteiger partial charge is 0.365 e. The predicted octanol–water partition coefficient (Wildman–Crippen LogP) is 1.53. The Bertz CT molecular complexity index is 820. The average molecular weight is 261 g/mol. The van der Waals surface area contributed by atoms with Gasteiger partial charge in [-0.25, -0.2) is 23.7 Å². The molecule has 0 bridgehead atoms. The van der Waals surface area contributed by atoms with Crippen LogP contribution in [0, 0.1) is 5.82 Å². The van der Waals surface area contributed by atoms with Gasteiger partial charge >= 0.3 is 5.69 Å². The lowest BCUT2D eigenvalue weighted by molar-refractivity contribution is 0.629. The number of nitrogens with zero attached hydrogens (tertiary/aromatic N) is 3. The van der Waals surface area contributed by atoms with Crippen molar-refractivity contribution in [1.29, 1.82) is 0 Å².